The van der Waals surface area contributed by atoms with E-state index >= 15 is 0 Å². The van der Waals surface area contributed by atoms with Crippen LogP contribution in [0.5, 0.6) is 11.5 Å². The number of rotatable bonds is 7. The molecule has 2 N–H and O–H groups in total. The van der Waals surface area contributed by atoms with Gasteiger partial charge in [-0.2, -0.15) is 0 Å². The minimum Gasteiger partial charge on any atom is -0.495 e. The highest BCUT2D eigenvalue weighted by molar-refractivity contribution is 5.95. The molecule has 0 spiro atoms. The molecule has 6 nitrogen and oxygen atoms in total. The van der Waals surface area contributed by atoms with Gasteiger partial charge in [0.1, 0.15) is 11.5 Å². The molecule has 0 heterocycles. The van der Waals surface area contributed by atoms with E-state index in [0.717, 1.165) is 5.56 Å². The summed E-state index contributed by atoms with van der Waals surface area (Å²) in [5.74, 6) is 0.450. The molecule has 2 aromatic rings. The number of hydrogen-bond acceptors (Lipinski definition) is 4. The number of ether oxygens (including phenoxy) is 2. The molecule has 0 radical (unpaired) electrons. The van der Waals surface area contributed by atoms with Gasteiger partial charge in [-0.15, -0.1) is 0 Å². The first-order valence-corrected chi connectivity index (χ1v) is 7.47. The Bertz CT molecular complexity index is 701. The predicted molar refractivity (Wildman–Crippen MR) is 91.3 cm³/mol. The van der Waals surface area contributed by atoms with Crippen molar-refractivity contribution in [3.63, 3.8) is 0 Å². The second kappa shape index (κ2) is 8.57. The minimum atomic E-state index is -0.370. The quantitative estimate of drug-likeness (QED) is 0.816. The van der Waals surface area contributed by atoms with Crippen LogP contribution in [0.2, 0.25) is 0 Å². The highest BCUT2D eigenvalue weighted by Crippen LogP contribution is 2.24. The number of methoxy groups -OCH3 is 1. The Kier molecular flexibility index (Phi) is 6.19. The first kappa shape index (κ1) is 17.3. The van der Waals surface area contributed by atoms with Crippen LogP contribution in [0, 0.1) is 6.92 Å². The number of benzene rings is 2. The van der Waals surface area contributed by atoms with E-state index < -0.39 is 0 Å². The van der Waals surface area contributed by atoms with Gasteiger partial charge in [-0.25, -0.2) is 0 Å². The number of hydrogen-bond donors (Lipinski definition) is 2. The molecule has 2 rings (SSSR count). The van der Waals surface area contributed by atoms with Gasteiger partial charge in [0.15, 0.2) is 6.61 Å². The molecule has 6 heteroatoms. The number of amides is 2. The van der Waals surface area contributed by atoms with Gasteiger partial charge in [0, 0.05) is 0 Å². The molecule has 0 bridgehead atoms. The summed E-state index contributed by atoms with van der Waals surface area (Å²) in [6.07, 6.45) is 0. The van der Waals surface area contributed by atoms with Gasteiger partial charge in [0.25, 0.3) is 5.91 Å². The second-order valence-corrected chi connectivity index (χ2v) is 5.13. The van der Waals surface area contributed by atoms with Gasteiger partial charge in [-0.1, -0.05) is 24.3 Å². The van der Waals surface area contributed by atoms with E-state index in [2.05, 4.69) is 10.6 Å². The number of para-hydroxylation sites is 1. The summed E-state index contributed by atoms with van der Waals surface area (Å²) in [4.78, 5) is 23.7. The molecule has 126 valence electrons. The molecule has 0 aliphatic heterocycles. The summed E-state index contributed by atoms with van der Waals surface area (Å²) < 4.78 is 10.5. The zero-order chi connectivity index (χ0) is 17.4. The Balaban J connectivity index is 1.78. The summed E-state index contributed by atoms with van der Waals surface area (Å²) in [6.45, 7) is 1.62. The third-order valence-corrected chi connectivity index (χ3v) is 3.19. The Morgan fingerprint density at radius 2 is 1.79 bits per heavy atom. The summed E-state index contributed by atoms with van der Waals surface area (Å²) in [7, 11) is 1.53. The highest BCUT2D eigenvalue weighted by Gasteiger charge is 2.10. The van der Waals surface area contributed by atoms with Crippen molar-refractivity contribution in [1.29, 1.82) is 0 Å². The molecule has 0 saturated carbocycles. The van der Waals surface area contributed by atoms with E-state index in [-0.39, 0.29) is 25.0 Å². The van der Waals surface area contributed by atoms with Gasteiger partial charge >= 0.3 is 0 Å². The maximum Gasteiger partial charge on any atom is 0.258 e. The molecule has 0 aromatic heterocycles. The van der Waals surface area contributed by atoms with E-state index in [1.54, 1.807) is 24.3 Å². The van der Waals surface area contributed by atoms with Crippen molar-refractivity contribution in [2.45, 2.75) is 6.92 Å². The normalized spacial score (nSPS) is 9.92. The molecule has 0 atom stereocenters. The average molecular weight is 328 g/mol. The Hall–Kier alpha value is -3.02. The predicted octanol–water partition coefficient (Wildman–Crippen LogP) is 2.14. The van der Waals surface area contributed by atoms with Crippen LogP contribution < -0.4 is 20.1 Å². The van der Waals surface area contributed by atoms with Crippen LogP contribution in [0.1, 0.15) is 5.56 Å². The average Bonchev–Trinajstić information content (AvgIpc) is 2.59. The lowest BCUT2D eigenvalue weighted by atomic mass is 10.2. The molecule has 2 amide bonds. The standard InChI is InChI=1S/C18H20N2O4/c1-13-8-9-16(23-2)15(10-13)20-17(21)11-19-18(22)12-24-14-6-4-3-5-7-14/h3-10H,11-12H2,1-2H3,(H,19,22)(H,20,21). The SMILES string of the molecule is COc1ccc(C)cc1NC(=O)CNC(=O)COc1ccccc1. The topological polar surface area (TPSA) is 76.7 Å². The summed E-state index contributed by atoms with van der Waals surface area (Å²) in [5.41, 5.74) is 1.56. The molecule has 2 aromatic carbocycles. The van der Waals surface area contributed by atoms with Crippen LogP contribution >= 0.6 is 0 Å². The molecule has 0 aliphatic rings. The summed E-state index contributed by atoms with van der Waals surface area (Å²) in [6, 6.07) is 14.5. The maximum absolute atomic E-state index is 11.9. The van der Waals surface area contributed by atoms with Crippen LogP contribution in [-0.4, -0.2) is 32.1 Å². The Labute approximate surface area is 140 Å². The van der Waals surface area contributed by atoms with Crippen molar-refractivity contribution in [1.82, 2.24) is 5.32 Å². The fourth-order valence-electron chi connectivity index (χ4n) is 2.01. The van der Waals surface area contributed by atoms with Crippen LogP contribution in [0.3, 0.4) is 0 Å². The molecule has 0 unspecified atom stereocenters. The van der Waals surface area contributed by atoms with E-state index in [1.807, 2.05) is 31.2 Å². The van der Waals surface area contributed by atoms with Crippen molar-refractivity contribution in [2.24, 2.45) is 0 Å². The van der Waals surface area contributed by atoms with Crippen LogP contribution in [-0.2, 0) is 9.59 Å². The van der Waals surface area contributed by atoms with Gasteiger partial charge in [-0.3, -0.25) is 9.59 Å². The third-order valence-electron chi connectivity index (χ3n) is 3.19. The lowest BCUT2D eigenvalue weighted by Gasteiger charge is -2.11. The van der Waals surface area contributed by atoms with Crippen molar-refractivity contribution < 1.29 is 19.1 Å². The molecular weight excluding hydrogens is 308 g/mol. The number of carbonyl (C=O) groups excluding carboxylic acids is 2. The number of anilines is 1. The lowest BCUT2D eigenvalue weighted by molar-refractivity contribution is -0.125. The zero-order valence-corrected chi connectivity index (χ0v) is 13.7. The molecular formula is C18H20N2O4. The van der Waals surface area contributed by atoms with Gasteiger partial charge in [0.2, 0.25) is 5.91 Å². The highest BCUT2D eigenvalue weighted by atomic mass is 16.5. The number of nitrogens with one attached hydrogen (secondary N) is 2. The van der Waals surface area contributed by atoms with E-state index in [0.29, 0.717) is 17.2 Å². The van der Waals surface area contributed by atoms with Crippen molar-refractivity contribution in [3.8, 4) is 11.5 Å². The lowest BCUT2D eigenvalue weighted by Crippen LogP contribution is -2.35. The van der Waals surface area contributed by atoms with E-state index in [1.165, 1.54) is 7.11 Å². The largest absolute Gasteiger partial charge is 0.495 e. The second-order valence-electron chi connectivity index (χ2n) is 5.13. The fraction of sp³-hybridized carbons (Fsp3) is 0.222. The number of carbonyl (C=O) groups is 2. The molecule has 0 saturated heterocycles. The monoisotopic (exact) mass is 328 g/mol. The molecule has 0 fully saturated rings. The minimum absolute atomic E-state index is 0.145. The Morgan fingerprint density at radius 1 is 1.04 bits per heavy atom. The van der Waals surface area contributed by atoms with Crippen molar-refractivity contribution >= 4 is 17.5 Å². The Morgan fingerprint density at radius 3 is 2.50 bits per heavy atom. The molecule has 0 aliphatic carbocycles. The van der Waals surface area contributed by atoms with Crippen LogP contribution in [0.4, 0.5) is 5.69 Å². The zero-order valence-electron chi connectivity index (χ0n) is 13.7. The summed E-state index contributed by atoms with van der Waals surface area (Å²) >= 11 is 0. The van der Waals surface area contributed by atoms with Crippen molar-refractivity contribution in [2.75, 3.05) is 25.6 Å². The van der Waals surface area contributed by atoms with Crippen LogP contribution in [0.25, 0.3) is 0 Å². The van der Waals surface area contributed by atoms with Gasteiger partial charge in [-0.05, 0) is 36.8 Å². The van der Waals surface area contributed by atoms with E-state index in [4.69, 9.17) is 9.47 Å². The maximum atomic E-state index is 11.9. The van der Waals surface area contributed by atoms with E-state index in [9.17, 15) is 9.59 Å². The summed E-state index contributed by atoms with van der Waals surface area (Å²) in [5, 5.41) is 5.22. The smallest absolute Gasteiger partial charge is 0.258 e. The first-order chi connectivity index (χ1) is 11.6. The number of aryl methyl sites for hydroxylation is 1. The fourth-order valence-corrected chi connectivity index (χ4v) is 2.01. The van der Waals surface area contributed by atoms with Crippen molar-refractivity contribution in [3.05, 3.63) is 54.1 Å². The van der Waals surface area contributed by atoms with Gasteiger partial charge < -0.3 is 20.1 Å². The van der Waals surface area contributed by atoms with Crippen LogP contribution in [0.15, 0.2) is 48.5 Å². The third kappa shape index (κ3) is 5.31. The molecule has 24 heavy (non-hydrogen) atoms. The van der Waals surface area contributed by atoms with Gasteiger partial charge in [0.05, 0.1) is 19.3 Å². The first-order valence-electron chi connectivity index (χ1n) is 7.47.